The van der Waals surface area contributed by atoms with Gasteiger partial charge in [0.05, 0.1) is 0 Å². The molecule has 0 aromatic heterocycles. The van der Waals surface area contributed by atoms with Crippen LogP contribution in [0.2, 0.25) is 0 Å². The molecule has 0 aromatic carbocycles. The van der Waals surface area contributed by atoms with E-state index in [9.17, 15) is 0 Å². The van der Waals surface area contributed by atoms with Crippen molar-refractivity contribution in [3.05, 3.63) is 0 Å². The third-order valence-corrected chi connectivity index (χ3v) is 1.70. The Morgan fingerprint density at radius 1 is 0.769 bits per heavy atom. The molecule has 0 aliphatic carbocycles. The zero-order valence-electron chi connectivity index (χ0n) is 10.7. The molecular weight excluding hydrogens is 160 g/mol. The third-order valence-electron chi connectivity index (χ3n) is 1.70. The average molecular weight is 188 g/mol. The Balaban J connectivity index is 0. The van der Waals surface area contributed by atoms with Gasteiger partial charge in [-0.05, 0) is 27.9 Å². The lowest BCUT2D eigenvalue weighted by Crippen LogP contribution is -2.29. The smallest absolute Gasteiger partial charge is 0.00324 e. The van der Waals surface area contributed by atoms with Crippen LogP contribution in [-0.4, -0.2) is 37.1 Å². The standard InChI is InChI=1S/C6H15N.C5H13N/c1-5(2)7-6(3)4;1-5(2)6(3)4/h5-7H,1-4H3;5H,1-4H3. The highest BCUT2D eigenvalue weighted by atomic mass is 15.1. The molecule has 0 rings (SSSR count). The van der Waals surface area contributed by atoms with Crippen LogP contribution in [0.4, 0.5) is 0 Å². The number of rotatable bonds is 3. The Morgan fingerprint density at radius 2 is 1.00 bits per heavy atom. The number of hydrogen-bond acceptors (Lipinski definition) is 2. The fraction of sp³-hybridized carbons (Fsp3) is 1.00. The van der Waals surface area contributed by atoms with Crippen molar-refractivity contribution in [1.82, 2.24) is 10.2 Å². The maximum atomic E-state index is 3.31. The first-order valence-corrected chi connectivity index (χ1v) is 5.19. The SMILES string of the molecule is CC(C)N(C)C.CC(C)NC(C)C. The molecule has 0 heterocycles. The minimum atomic E-state index is 0.625. The normalized spacial score (nSPS) is 11.1. The van der Waals surface area contributed by atoms with Crippen molar-refractivity contribution in [3.8, 4) is 0 Å². The monoisotopic (exact) mass is 188 g/mol. The van der Waals surface area contributed by atoms with Crippen LogP contribution in [0, 0.1) is 0 Å². The molecule has 1 N–H and O–H groups in total. The summed E-state index contributed by atoms with van der Waals surface area (Å²) in [5, 5.41) is 3.31. The summed E-state index contributed by atoms with van der Waals surface area (Å²) in [6, 6.07) is 1.94. The van der Waals surface area contributed by atoms with Gasteiger partial charge in [-0.3, -0.25) is 0 Å². The van der Waals surface area contributed by atoms with Crippen molar-refractivity contribution in [2.75, 3.05) is 14.1 Å². The van der Waals surface area contributed by atoms with Crippen molar-refractivity contribution in [2.45, 2.75) is 59.7 Å². The Labute approximate surface area is 84.7 Å². The highest BCUT2D eigenvalue weighted by Crippen LogP contribution is 1.84. The molecule has 0 fully saturated rings. The van der Waals surface area contributed by atoms with Gasteiger partial charge in [0.25, 0.3) is 0 Å². The van der Waals surface area contributed by atoms with Gasteiger partial charge in [0.2, 0.25) is 0 Å². The minimum Gasteiger partial charge on any atom is -0.312 e. The second kappa shape index (κ2) is 8.52. The van der Waals surface area contributed by atoms with Gasteiger partial charge in [0.1, 0.15) is 0 Å². The van der Waals surface area contributed by atoms with Crippen LogP contribution in [0.15, 0.2) is 0 Å². The molecule has 2 nitrogen and oxygen atoms in total. The fourth-order valence-corrected chi connectivity index (χ4v) is 0.667. The average Bonchev–Trinajstić information content (AvgIpc) is 1.84. The maximum absolute atomic E-state index is 3.31. The zero-order chi connectivity index (χ0) is 11.0. The zero-order valence-corrected chi connectivity index (χ0v) is 10.7. The molecule has 82 valence electrons. The molecule has 0 saturated heterocycles. The van der Waals surface area contributed by atoms with E-state index >= 15 is 0 Å². The summed E-state index contributed by atoms with van der Waals surface area (Å²) in [7, 11) is 4.15. The van der Waals surface area contributed by atoms with Crippen LogP contribution in [0.5, 0.6) is 0 Å². The van der Waals surface area contributed by atoms with Crippen molar-refractivity contribution in [1.29, 1.82) is 0 Å². The van der Waals surface area contributed by atoms with Crippen LogP contribution in [0.3, 0.4) is 0 Å². The summed E-state index contributed by atoms with van der Waals surface area (Å²) < 4.78 is 0. The highest BCUT2D eigenvalue weighted by Gasteiger charge is 1.92. The lowest BCUT2D eigenvalue weighted by Gasteiger charge is -2.12. The van der Waals surface area contributed by atoms with E-state index < -0.39 is 0 Å². The van der Waals surface area contributed by atoms with Gasteiger partial charge >= 0.3 is 0 Å². The van der Waals surface area contributed by atoms with E-state index in [1.807, 2.05) is 0 Å². The Bertz CT molecular complexity index is 84.3. The molecule has 0 aromatic rings. The Kier molecular flexibility index (Phi) is 10.1. The predicted molar refractivity (Wildman–Crippen MR) is 62.2 cm³/mol. The third kappa shape index (κ3) is 18.7. The Morgan fingerprint density at radius 3 is 1.00 bits per heavy atom. The summed E-state index contributed by atoms with van der Waals surface area (Å²) in [6.07, 6.45) is 0. The molecule has 0 aliphatic rings. The quantitative estimate of drug-likeness (QED) is 0.731. The fourth-order valence-electron chi connectivity index (χ4n) is 0.667. The van der Waals surface area contributed by atoms with E-state index in [4.69, 9.17) is 0 Å². The van der Waals surface area contributed by atoms with E-state index in [1.54, 1.807) is 0 Å². The summed E-state index contributed by atoms with van der Waals surface area (Å²) in [5.74, 6) is 0. The lowest BCUT2D eigenvalue weighted by atomic mass is 10.3. The molecule has 2 heteroatoms. The van der Waals surface area contributed by atoms with Crippen LogP contribution in [0.1, 0.15) is 41.5 Å². The van der Waals surface area contributed by atoms with Gasteiger partial charge in [-0.1, -0.05) is 27.7 Å². The summed E-state index contributed by atoms with van der Waals surface area (Å²) in [6.45, 7) is 12.9. The molecular formula is C11H28N2. The second-order valence-corrected chi connectivity index (χ2v) is 4.53. The molecule has 0 amide bonds. The minimum absolute atomic E-state index is 0.625. The van der Waals surface area contributed by atoms with Crippen LogP contribution in [0.25, 0.3) is 0 Å². The molecule has 0 aliphatic heterocycles. The maximum Gasteiger partial charge on any atom is 0.00324 e. The topological polar surface area (TPSA) is 15.3 Å². The highest BCUT2D eigenvalue weighted by molar-refractivity contribution is 4.55. The van der Waals surface area contributed by atoms with Gasteiger partial charge in [-0.25, -0.2) is 0 Å². The Hall–Kier alpha value is -0.0800. The van der Waals surface area contributed by atoms with E-state index in [0.717, 1.165) is 0 Å². The van der Waals surface area contributed by atoms with Crippen molar-refractivity contribution >= 4 is 0 Å². The molecule has 0 saturated carbocycles. The first-order chi connectivity index (χ1) is 5.77. The van der Waals surface area contributed by atoms with Gasteiger partial charge in [0.15, 0.2) is 0 Å². The molecule has 0 atom stereocenters. The number of nitrogens with one attached hydrogen (secondary N) is 1. The second-order valence-electron chi connectivity index (χ2n) is 4.53. The molecule has 0 radical (unpaired) electrons. The number of nitrogens with zero attached hydrogens (tertiary/aromatic N) is 1. The van der Waals surface area contributed by atoms with Crippen molar-refractivity contribution < 1.29 is 0 Å². The lowest BCUT2D eigenvalue weighted by molar-refractivity contribution is 0.335. The number of hydrogen-bond donors (Lipinski definition) is 1. The first kappa shape index (κ1) is 15.4. The van der Waals surface area contributed by atoms with Crippen LogP contribution >= 0.6 is 0 Å². The van der Waals surface area contributed by atoms with E-state index in [0.29, 0.717) is 18.1 Å². The van der Waals surface area contributed by atoms with Gasteiger partial charge in [0, 0.05) is 18.1 Å². The summed E-state index contributed by atoms with van der Waals surface area (Å²) in [4.78, 5) is 2.17. The molecule has 13 heavy (non-hydrogen) atoms. The molecule has 0 unspecified atom stereocenters. The first-order valence-electron chi connectivity index (χ1n) is 5.19. The van der Waals surface area contributed by atoms with E-state index in [2.05, 4.69) is 65.9 Å². The van der Waals surface area contributed by atoms with E-state index in [1.165, 1.54) is 0 Å². The van der Waals surface area contributed by atoms with Gasteiger partial charge in [-0.2, -0.15) is 0 Å². The summed E-state index contributed by atoms with van der Waals surface area (Å²) >= 11 is 0. The van der Waals surface area contributed by atoms with Crippen molar-refractivity contribution in [2.24, 2.45) is 0 Å². The van der Waals surface area contributed by atoms with Gasteiger partial charge in [-0.15, -0.1) is 0 Å². The predicted octanol–water partition coefficient (Wildman–Crippen LogP) is 2.35. The van der Waals surface area contributed by atoms with Crippen LogP contribution in [-0.2, 0) is 0 Å². The van der Waals surface area contributed by atoms with Crippen LogP contribution < -0.4 is 5.32 Å². The van der Waals surface area contributed by atoms with E-state index in [-0.39, 0.29) is 0 Å². The largest absolute Gasteiger partial charge is 0.312 e. The summed E-state index contributed by atoms with van der Waals surface area (Å²) in [5.41, 5.74) is 0. The van der Waals surface area contributed by atoms with Gasteiger partial charge < -0.3 is 10.2 Å². The molecule has 0 bridgehead atoms. The van der Waals surface area contributed by atoms with Crippen molar-refractivity contribution in [3.63, 3.8) is 0 Å². The molecule has 0 spiro atoms.